The Kier molecular flexibility index (Phi) is 7.17. The predicted molar refractivity (Wildman–Crippen MR) is 112 cm³/mol. The highest BCUT2D eigenvalue weighted by Gasteiger charge is 2.36. The van der Waals surface area contributed by atoms with Crippen molar-refractivity contribution in [1.82, 2.24) is 20.3 Å². The number of ether oxygens (including phenoxy) is 1. The molecule has 0 spiro atoms. The summed E-state index contributed by atoms with van der Waals surface area (Å²) in [7, 11) is 0. The van der Waals surface area contributed by atoms with Gasteiger partial charge in [0.25, 0.3) is 5.56 Å². The van der Waals surface area contributed by atoms with E-state index in [1.807, 2.05) is 0 Å². The quantitative estimate of drug-likeness (QED) is 0.479. The Balaban J connectivity index is 2.03. The summed E-state index contributed by atoms with van der Waals surface area (Å²) in [6, 6.07) is 6.38. The van der Waals surface area contributed by atoms with E-state index in [-0.39, 0.29) is 35.2 Å². The van der Waals surface area contributed by atoms with Crippen molar-refractivity contribution in [3.05, 3.63) is 64.2 Å². The number of H-pyrrole nitrogens is 1. The molecule has 2 N–H and O–H groups in total. The molecule has 35 heavy (non-hydrogen) atoms. The summed E-state index contributed by atoms with van der Waals surface area (Å²) in [5.41, 5.74) is -2.35. The zero-order chi connectivity index (χ0) is 26.0. The van der Waals surface area contributed by atoms with E-state index in [1.165, 1.54) is 12.1 Å². The number of rotatable bonds is 6. The Morgan fingerprint density at radius 2 is 1.74 bits per heavy atom. The lowest BCUT2D eigenvalue weighted by atomic mass is 10.1. The molecule has 0 aliphatic rings. The van der Waals surface area contributed by atoms with Crippen molar-refractivity contribution in [1.29, 1.82) is 0 Å². The van der Waals surface area contributed by atoms with Crippen LogP contribution in [0.5, 0.6) is 5.75 Å². The monoisotopic (exact) mass is 500 g/mol. The Morgan fingerprint density at radius 3 is 2.31 bits per heavy atom. The average Bonchev–Trinajstić information content (AvgIpc) is 2.75. The third kappa shape index (κ3) is 6.80. The third-order valence-corrected chi connectivity index (χ3v) is 4.58. The highest BCUT2D eigenvalue weighted by atomic mass is 19.4. The smallest absolute Gasteiger partial charge is 0.406 e. The highest BCUT2D eigenvalue weighted by Crippen LogP contribution is 2.35. The molecule has 13 heteroatoms. The fraction of sp³-hybridized carbons (Fsp3) is 0.273. The molecule has 0 radical (unpaired) electrons. The molecular formula is C22H18F6N4O3. The Bertz CT molecular complexity index is 1270. The number of amides is 1. The number of halogens is 6. The molecule has 0 saturated heterocycles. The maximum Gasteiger partial charge on any atom is 0.573 e. The molecule has 0 unspecified atom stereocenters. The fourth-order valence-electron chi connectivity index (χ4n) is 2.96. The van der Waals surface area contributed by atoms with Crippen molar-refractivity contribution in [2.45, 2.75) is 32.9 Å². The van der Waals surface area contributed by atoms with Crippen LogP contribution in [0.2, 0.25) is 0 Å². The minimum Gasteiger partial charge on any atom is -0.406 e. The van der Waals surface area contributed by atoms with Crippen molar-refractivity contribution in [2.24, 2.45) is 5.92 Å². The largest absolute Gasteiger partial charge is 0.573 e. The van der Waals surface area contributed by atoms with Gasteiger partial charge in [0.15, 0.2) is 5.69 Å². The first kappa shape index (κ1) is 25.7. The summed E-state index contributed by atoms with van der Waals surface area (Å²) < 4.78 is 81.8. The summed E-state index contributed by atoms with van der Waals surface area (Å²) in [5, 5.41) is 2.56. The number of alkyl halides is 6. The second-order valence-corrected chi connectivity index (χ2v) is 7.66. The number of nitrogens with zero attached hydrogens (tertiary/aromatic N) is 2. The molecule has 0 saturated carbocycles. The van der Waals surface area contributed by atoms with Crippen molar-refractivity contribution in [3.8, 4) is 28.4 Å². The first-order valence-electron chi connectivity index (χ1n) is 10.0. The van der Waals surface area contributed by atoms with Gasteiger partial charge < -0.3 is 15.0 Å². The molecule has 1 amide bonds. The molecule has 0 aliphatic carbocycles. The minimum absolute atomic E-state index is 0.0889. The molecule has 0 fully saturated rings. The number of aromatic nitrogens is 3. The van der Waals surface area contributed by atoms with Crippen LogP contribution in [-0.2, 0) is 17.5 Å². The number of aromatic amines is 1. The average molecular weight is 500 g/mol. The van der Waals surface area contributed by atoms with Gasteiger partial charge in [-0.3, -0.25) is 14.6 Å². The lowest BCUT2D eigenvalue weighted by Gasteiger charge is -2.14. The highest BCUT2D eigenvalue weighted by molar-refractivity contribution is 5.77. The van der Waals surface area contributed by atoms with Crippen molar-refractivity contribution in [3.63, 3.8) is 0 Å². The van der Waals surface area contributed by atoms with Gasteiger partial charge in [0.2, 0.25) is 5.91 Å². The molecule has 1 aromatic carbocycles. The van der Waals surface area contributed by atoms with Gasteiger partial charge in [-0.15, -0.1) is 13.2 Å². The molecule has 2 heterocycles. The topological polar surface area (TPSA) is 97.0 Å². The van der Waals surface area contributed by atoms with Crippen LogP contribution in [0.4, 0.5) is 26.3 Å². The van der Waals surface area contributed by atoms with E-state index in [1.54, 1.807) is 13.8 Å². The lowest BCUT2D eigenvalue weighted by molar-refractivity contribution is -0.274. The molecule has 3 rings (SSSR count). The van der Waals surface area contributed by atoms with E-state index in [0.717, 1.165) is 30.5 Å². The minimum atomic E-state index is -4.91. The summed E-state index contributed by atoms with van der Waals surface area (Å²) in [5.74, 6) is -1.65. The van der Waals surface area contributed by atoms with Gasteiger partial charge in [0.1, 0.15) is 11.6 Å². The van der Waals surface area contributed by atoms with E-state index >= 15 is 0 Å². The summed E-state index contributed by atoms with van der Waals surface area (Å²) in [6.07, 6.45) is -8.84. The van der Waals surface area contributed by atoms with Gasteiger partial charge in [-0.2, -0.15) is 13.2 Å². The van der Waals surface area contributed by atoms with Crippen LogP contribution in [0.25, 0.3) is 22.6 Å². The van der Waals surface area contributed by atoms with Gasteiger partial charge in [0, 0.05) is 35.9 Å². The van der Waals surface area contributed by atoms with Gasteiger partial charge in [-0.05, 0) is 35.9 Å². The van der Waals surface area contributed by atoms with Gasteiger partial charge >= 0.3 is 12.5 Å². The number of pyridine rings is 1. The van der Waals surface area contributed by atoms with E-state index in [0.29, 0.717) is 0 Å². The first-order valence-corrected chi connectivity index (χ1v) is 10.0. The van der Waals surface area contributed by atoms with Crippen LogP contribution in [0.3, 0.4) is 0 Å². The second kappa shape index (κ2) is 9.76. The molecule has 0 atom stereocenters. The van der Waals surface area contributed by atoms with E-state index < -0.39 is 40.9 Å². The molecule has 7 nitrogen and oxygen atoms in total. The summed E-state index contributed by atoms with van der Waals surface area (Å²) in [4.78, 5) is 33.8. The molecular weight excluding hydrogens is 482 g/mol. The Hall–Kier alpha value is -3.90. The number of carbonyl (C=O) groups is 1. The van der Waals surface area contributed by atoms with Crippen LogP contribution < -0.4 is 15.6 Å². The molecule has 2 aromatic heterocycles. The molecule has 0 bridgehead atoms. The fourth-order valence-corrected chi connectivity index (χ4v) is 2.96. The van der Waals surface area contributed by atoms with Crippen LogP contribution >= 0.6 is 0 Å². The van der Waals surface area contributed by atoms with Gasteiger partial charge in [-0.1, -0.05) is 13.8 Å². The maximum absolute atomic E-state index is 13.6. The summed E-state index contributed by atoms with van der Waals surface area (Å²) in [6.45, 7) is 3.18. The summed E-state index contributed by atoms with van der Waals surface area (Å²) >= 11 is 0. The van der Waals surface area contributed by atoms with Gasteiger partial charge in [0.05, 0.1) is 5.69 Å². The normalized spacial score (nSPS) is 12.0. The molecule has 3 aromatic rings. The van der Waals surface area contributed by atoms with Crippen molar-refractivity contribution < 1.29 is 35.9 Å². The number of hydrogen-bond acceptors (Lipinski definition) is 5. The van der Waals surface area contributed by atoms with Crippen LogP contribution in [-0.4, -0.2) is 27.2 Å². The SMILES string of the molecule is CC(C)C(=O)NCc1cnc(C(F)(F)F)c(-c2nc(-c3ccc(OC(F)(F)F)cc3)cc(=O)[nH]2)c1. The van der Waals surface area contributed by atoms with E-state index in [2.05, 4.69) is 25.0 Å². The number of benzene rings is 1. The Morgan fingerprint density at radius 1 is 1.09 bits per heavy atom. The first-order chi connectivity index (χ1) is 16.2. The van der Waals surface area contributed by atoms with Crippen molar-refractivity contribution >= 4 is 5.91 Å². The molecule has 0 aliphatic heterocycles. The number of nitrogens with one attached hydrogen (secondary N) is 2. The number of carbonyl (C=O) groups excluding carboxylic acids is 1. The zero-order valence-corrected chi connectivity index (χ0v) is 18.2. The zero-order valence-electron chi connectivity index (χ0n) is 18.2. The van der Waals surface area contributed by atoms with Crippen molar-refractivity contribution in [2.75, 3.05) is 0 Å². The van der Waals surface area contributed by atoms with Gasteiger partial charge in [-0.25, -0.2) is 4.98 Å². The number of hydrogen-bond donors (Lipinski definition) is 2. The van der Waals surface area contributed by atoms with E-state index in [9.17, 15) is 35.9 Å². The second-order valence-electron chi connectivity index (χ2n) is 7.66. The lowest BCUT2D eigenvalue weighted by Crippen LogP contribution is -2.27. The molecule has 186 valence electrons. The maximum atomic E-state index is 13.6. The van der Waals surface area contributed by atoms with E-state index in [4.69, 9.17) is 0 Å². The third-order valence-electron chi connectivity index (χ3n) is 4.58. The van der Waals surface area contributed by atoms with Crippen LogP contribution in [0.15, 0.2) is 47.4 Å². The Labute approximate surface area is 194 Å². The predicted octanol–water partition coefficient (Wildman–Crippen LogP) is 4.69. The van der Waals surface area contributed by atoms with Crippen LogP contribution in [0, 0.1) is 5.92 Å². The van der Waals surface area contributed by atoms with Crippen LogP contribution in [0.1, 0.15) is 25.1 Å². The standard InChI is InChI=1S/C22H18F6N4O3/c1-11(2)20(34)30-10-12-7-15(18(29-9-12)21(23,24)25)19-31-16(8-17(33)32-19)13-3-5-14(6-4-13)35-22(26,27)28/h3-9,11H,10H2,1-2H3,(H,30,34)(H,31,32,33).